The minimum absolute atomic E-state index is 0.0189. The number of nitrogens with one attached hydrogen (secondary N) is 4. The summed E-state index contributed by atoms with van der Waals surface area (Å²) in [5, 5.41) is 39.8. The highest BCUT2D eigenvalue weighted by Gasteiger charge is 2.33. The van der Waals surface area contributed by atoms with Crippen LogP contribution in [-0.4, -0.2) is 87.1 Å². The molecular formula is C33H54ClN5O8. The molecule has 0 radical (unpaired) electrons. The van der Waals surface area contributed by atoms with Crippen molar-refractivity contribution in [1.82, 2.24) is 21.3 Å². The van der Waals surface area contributed by atoms with Gasteiger partial charge in [0.2, 0.25) is 17.7 Å². The van der Waals surface area contributed by atoms with Gasteiger partial charge in [0.25, 0.3) is 5.91 Å². The minimum Gasteiger partial charge on any atom is -0.508 e. The molecule has 0 aromatic heterocycles. The Kier molecular flexibility index (Phi) is 19.0. The van der Waals surface area contributed by atoms with Crippen molar-refractivity contribution in [3.05, 3.63) is 29.8 Å². The zero-order chi connectivity index (χ0) is 35.7. The van der Waals surface area contributed by atoms with Gasteiger partial charge in [-0.25, -0.2) is 4.79 Å². The van der Waals surface area contributed by atoms with Crippen LogP contribution in [0, 0.1) is 11.8 Å². The molecule has 1 aromatic rings. The Labute approximate surface area is 282 Å². The van der Waals surface area contributed by atoms with Crippen molar-refractivity contribution >= 4 is 41.2 Å². The van der Waals surface area contributed by atoms with E-state index in [2.05, 4.69) is 21.3 Å². The number of carbonyl (C=O) groups excluding carboxylic acids is 4. The molecule has 0 aliphatic heterocycles. The third kappa shape index (κ3) is 15.8. The predicted molar refractivity (Wildman–Crippen MR) is 180 cm³/mol. The quantitative estimate of drug-likeness (QED) is 0.0660. The van der Waals surface area contributed by atoms with Crippen LogP contribution in [-0.2, 0) is 30.4 Å². The van der Waals surface area contributed by atoms with Crippen molar-refractivity contribution < 1.29 is 39.3 Å². The molecule has 0 spiro atoms. The van der Waals surface area contributed by atoms with E-state index in [4.69, 9.17) is 17.3 Å². The first-order chi connectivity index (χ1) is 22.1. The van der Waals surface area contributed by atoms with E-state index in [1.165, 1.54) is 19.1 Å². The summed E-state index contributed by atoms with van der Waals surface area (Å²) in [6.45, 7) is 8.48. The molecule has 0 aliphatic carbocycles. The second kappa shape index (κ2) is 21.5. The lowest BCUT2D eigenvalue weighted by molar-refractivity contribution is -0.142. The summed E-state index contributed by atoms with van der Waals surface area (Å²) in [4.78, 5) is 64.2. The molecule has 1 aromatic carbocycles. The number of hydrogen-bond acceptors (Lipinski definition) is 8. The highest BCUT2D eigenvalue weighted by molar-refractivity contribution is 6.17. The van der Waals surface area contributed by atoms with E-state index in [9.17, 15) is 39.3 Å². The first-order valence-electron chi connectivity index (χ1n) is 16.3. The van der Waals surface area contributed by atoms with E-state index in [0.29, 0.717) is 17.9 Å². The van der Waals surface area contributed by atoms with Crippen molar-refractivity contribution in [3.8, 4) is 5.75 Å². The van der Waals surface area contributed by atoms with Crippen LogP contribution in [0.3, 0.4) is 0 Å². The van der Waals surface area contributed by atoms with Gasteiger partial charge in [-0.15, -0.1) is 11.6 Å². The number of amides is 4. The van der Waals surface area contributed by atoms with Crippen LogP contribution in [0.5, 0.6) is 5.75 Å². The molecule has 9 N–H and O–H groups in total. The minimum atomic E-state index is -1.52. The molecule has 0 unspecified atom stereocenters. The Balaban J connectivity index is 2.84. The number of aromatic hydroxyl groups is 1. The first kappa shape index (κ1) is 41.6. The number of unbranched alkanes of at least 4 members (excludes halogenated alkanes) is 4. The van der Waals surface area contributed by atoms with Gasteiger partial charge in [-0.05, 0) is 55.7 Å². The van der Waals surface area contributed by atoms with Gasteiger partial charge in [0.15, 0.2) is 0 Å². The number of carbonyl (C=O) groups is 5. The third-order valence-electron chi connectivity index (χ3n) is 7.68. The van der Waals surface area contributed by atoms with Crippen LogP contribution in [0.15, 0.2) is 24.3 Å². The average Bonchev–Trinajstić information content (AvgIpc) is 3.00. The Morgan fingerprint density at radius 2 is 1.34 bits per heavy atom. The third-order valence-corrected chi connectivity index (χ3v) is 7.94. The first-order valence-corrected chi connectivity index (χ1v) is 16.8. The number of phenolic OH excluding ortho intramolecular Hbond substituents is 1. The van der Waals surface area contributed by atoms with Crippen LogP contribution in [0.1, 0.15) is 85.1 Å². The number of benzene rings is 1. The summed E-state index contributed by atoms with van der Waals surface area (Å²) in [5.74, 6) is -3.96. The Morgan fingerprint density at radius 3 is 1.89 bits per heavy atom. The van der Waals surface area contributed by atoms with Crippen molar-refractivity contribution in [2.45, 2.75) is 122 Å². The standard InChI is InChI=1S/C33H54ClN5O8/c1-19(2)17-25(30(43)38-26(33(46)47)18-22-12-14-23(40)15-13-22)37-31(44)27(20(3)4)39-29(42)21(5)36-32(45)28(41)24(35)11-9-7-6-8-10-16-34/h12-15,19-21,24-28,40-41H,6-11,16-18,35H2,1-5H3,(H,36,45)(H,37,44)(H,38,43)(H,39,42)(H,46,47)/t21-,24+,25-,26-,27+,28-/m1/s1. The van der Waals surface area contributed by atoms with Gasteiger partial charge in [-0.3, -0.25) is 19.2 Å². The zero-order valence-electron chi connectivity index (χ0n) is 28.1. The number of carboxylic acids is 1. The van der Waals surface area contributed by atoms with Crippen molar-refractivity contribution in [1.29, 1.82) is 0 Å². The number of nitrogens with two attached hydrogens (primary N) is 1. The van der Waals surface area contributed by atoms with E-state index >= 15 is 0 Å². The lowest BCUT2D eigenvalue weighted by Gasteiger charge is -2.28. The van der Waals surface area contributed by atoms with Crippen LogP contribution in [0.25, 0.3) is 0 Å². The molecule has 266 valence electrons. The number of alkyl halides is 1. The molecule has 0 saturated heterocycles. The van der Waals surface area contributed by atoms with E-state index in [0.717, 1.165) is 32.1 Å². The Bertz CT molecular complexity index is 1150. The number of halogens is 1. The predicted octanol–water partition coefficient (Wildman–Crippen LogP) is 1.95. The number of aliphatic hydroxyl groups is 1. The van der Waals surface area contributed by atoms with Crippen LogP contribution >= 0.6 is 11.6 Å². The average molecular weight is 684 g/mol. The zero-order valence-corrected chi connectivity index (χ0v) is 28.9. The fraction of sp³-hybridized carbons (Fsp3) is 0.667. The second-order valence-corrected chi connectivity index (χ2v) is 13.2. The largest absolute Gasteiger partial charge is 0.508 e. The summed E-state index contributed by atoms with van der Waals surface area (Å²) >= 11 is 5.68. The highest BCUT2D eigenvalue weighted by atomic mass is 35.5. The number of aliphatic hydroxyl groups excluding tert-OH is 1. The van der Waals surface area contributed by atoms with Gasteiger partial charge in [-0.2, -0.15) is 0 Å². The number of phenols is 1. The molecule has 13 nitrogen and oxygen atoms in total. The molecule has 6 atom stereocenters. The fourth-order valence-corrected chi connectivity index (χ4v) is 5.03. The molecule has 1 rings (SSSR count). The topological polar surface area (TPSA) is 220 Å². The van der Waals surface area contributed by atoms with Crippen molar-refractivity contribution in [3.63, 3.8) is 0 Å². The molecule has 0 fully saturated rings. The van der Waals surface area contributed by atoms with Crippen LogP contribution < -0.4 is 27.0 Å². The number of carboxylic acid groups (broad SMARTS) is 1. The van der Waals surface area contributed by atoms with Crippen LogP contribution in [0.2, 0.25) is 0 Å². The van der Waals surface area contributed by atoms with E-state index < -0.39 is 71.8 Å². The number of rotatable bonds is 22. The SMILES string of the molecule is CC(C)C[C@@H](NC(=O)[C@@H](NC(=O)[C@@H](C)NC(=O)[C@H](O)[C@@H](N)CCCCCCCCl)C(C)C)C(=O)N[C@H](Cc1ccc(O)cc1)C(=O)O. The Morgan fingerprint density at radius 1 is 0.766 bits per heavy atom. The normalized spacial score (nSPS) is 15.2. The Hall–Kier alpha value is -3.42. The highest BCUT2D eigenvalue weighted by Crippen LogP contribution is 2.13. The molecule has 0 bridgehead atoms. The number of hydrogen-bond donors (Lipinski definition) is 8. The fourth-order valence-electron chi connectivity index (χ4n) is 4.84. The summed E-state index contributed by atoms with van der Waals surface area (Å²) in [7, 11) is 0. The molecule has 0 aliphatic rings. The van der Waals surface area contributed by atoms with E-state index in [-0.39, 0.29) is 24.5 Å². The number of aliphatic carboxylic acids is 1. The maximum atomic E-state index is 13.4. The van der Waals surface area contributed by atoms with Gasteiger partial charge in [-0.1, -0.05) is 65.5 Å². The lowest BCUT2D eigenvalue weighted by atomic mass is 9.99. The van der Waals surface area contributed by atoms with Crippen molar-refractivity contribution in [2.75, 3.05) is 5.88 Å². The van der Waals surface area contributed by atoms with Gasteiger partial charge < -0.3 is 42.3 Å². The maximum Gasteiger partial charge on any atom is 0.326 e. The molecule has 14 heteroatoms. The van der Waals surface area contributed by atoms with Gasteiger partial charge in [0.1, 0.15) is 36.0 Å². The van der Waals surface area contributed by atoms with Crippen LogP contribution in [0.4, 0.5) is 0 Å². The van der Waals surface area contributed by atoms with Gasteiger partial charge in [0.05, 0.1) is 0 Å². The summed E-state index contributed by atoms with van der Waals surface area (Å²) in [6, 6.07) is 0.509. The second-order valence-electron chi connectivity index (χ2n) is 12.8. The van der Waals surface area contributed by atoms with E-state index in [1.54, 1.807) is 26.0 Å². The summed E-state index contributed by atoms with van der Waals surface area (Å²) in [6.07, 6.45) is 3.61. The monoisotopic (exact) mass is 683 g/mol. The molecule has 0 saturated carbocycles. The molecule has 47 heavy (non-hydrogen) atoms. The molecule has 4 amide bonds. The van der Waals surface area contributed by atoms with Crippen molar-refractivity contribution in [2.24, 2.45) is 17.6 Å². The van der Waals surface area contributed by atoms with Gasteiger partial charge in [0, 0.05) is 18.3 Å². The maximum absolute atomic E-state index is 13.4. The van der Waals surface area contributed by atoms with E-state index in [1.807, 2.05) is 13.8 Å². The molecular weight excluding hydrogens is 630 g/mol. The summed E-state index contributed by atoms with van der Waals surface area (Å²) in [5.41, 5.74) is 6.58. The smallest absolute Gasteiger partial charge is 0.326 e. The lowest BCUT2D eigenvalue weighted by Crippen LogP contribution is -2.59. The molecule has 0 heterocycles. The van der Waals surface area contributed by atoms with Gasteiger partial charge >= 0.3 is 5.97 Å². The summed E-state index contributed by atoms with van der Waals surface area (Å²) < 4.78 is 0.